The van der Waals surface area contributed by atoms with Gasteiger partial charge in [-0.15, -0.1) is 11.3 Å². The first-order valence-electron chi connectivity index (χ1n) is 10.0. The minimum atomic E-state index is -3.54. The first-order chi connectivity index (χ1) is 15.4. The maximum absolute atomic E-state index is 12.5. The molecule has 1 aromatic heterocycles. The summed E-state index contributed by atoms with van der Waals surface area (Å²) in [6, 6.07) is 20.9. The second-order valence-corrected chi connectivity index (χ2v) is 11.1. The number of aliphatic hydroxyl groups excluding tert-OH is 1. The summed E-state index contributed by atoms with van der Waals surface area (Å²) in [6.07, 6.45) is -0.511. The maximum Gasteiger partial charge on any atom is 0.158 e. The molecule has 1 atom stereocenters. The van der Waals surface area contributed by atoms with Crippen LogP contribution in [0.2, 0.25) is 5.02 Å². The van der Waals surface area contributed by atoms with Crippen molar-refractivity contribution in [2.75, 3.05) is 12.4 Å². The summed E-state index contributed by atoms with van der Waals surface area (Å²) < 4.78 is 30.7. The van der Waals surface area contributed by atoms with Crippen LogP contribution in [-0.2, 0) is 22.0 Å². The van der Waals surface area contributed by atoms with Gasteiger partial charge in [0.2, 0.25) is 0 Å². The zero-order valence-electron chi connectivity index (χ0n) is 17.1. The summed E-state index contributed by atoms with van der Waals surface area (Å²) >= 11 is 7.32. The monoisotopic (exact) mass is 487 g/mol. The highest BCUT2D eigenvalue weighted by Gasteiger charge is 2.20. The molecule has 5 nitrogen and oxygen atoms in total. The normalized spacial score (nSPS) is 12.7. The van der Waals surface area contributed by atoms with Gasteiger partial charge in [-0.2, -0.15) is 0 Å². The molecule has 1 heterocycles. The van der Waals surface area contributed by atoms with Gasteiger partial charge in [0.25, 0.3) is 0 Å². The van der Waals surface area contributed by atoms with Crippen molar-refractivity contribution in [2.45, 2.75) is 18.3 Å². The van der Waals surface area contributed by atoms with Gasteiger partial charge >= 0.3 is 0 Å². The highest BCUT2D eigenvalue weighted by molar-refractivity contribution is 7.90. The average Bonchev–Trinajstić information content (AvgIpc) is 3.19. The molecule has 4 aromatic rings. The quantitative estimate of drug-likeness (QED) is 0.363. The fraction of sp³-hybridized carbons (Fsp3) is 0.208. The van der Waals surface area contributed by atoms with Crippen molar-refractivity contribution < 1.29 is 18.3 Å². The number of rotatable bonds is 9. The van der Waals surface area contributed by atoms with Crippen LogP contribution < -0.4 is 4.74 Å². The van der Waals surface area contributed by atoms with Crippen LogP contribution in [0.4, 0.5) is 0 Å². The molecule has 0 saturated heterocycles. The van der Waals surface area contributed by atoms with Gasteiger partial charge < -0.3 is 9.84 Å². The smallest absolute Gasteiger partial charge is 0.158 e. The molecule has 166 valence electrons. The summed E-state index contributed by atoms with van der Waals surface area (Å²) in [6.45, 7) is -0.101. The van der Waals surface area contributed by atoms with E-state index in [2.05, 4.69) is 4.98 Å². The zero-order chi connectivity index (χ0) is 22.6. The molecule has 1 N–H and O–H groups in total. The lowest BCUT2D eigenvalue weighted by atomic mass is 10.1. The Morgan fingerprint density at radius 3 is 2.56 bits per heavy atom. The van der Waals surface area contributed by atoms with Gasteiger partial charge in [0, 0.05) is 16.8 Å². The van der Waals surface area contributed by atoms with E-state index in [9.17, 15) is 13.5 Å². The van der Waals surface area contributed by atoms with Gasteiger partial charge in [0.1, 0.15) is 18.5 Å². The Morgan fingerprint density at radius 1 is 1.03 bits per heavy atom. The molecule has 0 radical (unpaired) electrons. The van der Waals surface area contributed by atoms with Crippen LogP contribution in [0.3, 0.4) is 0 Å². The van der Waals surface area contributed by atoms with Crippen molar-refractivity contribution in [3.63, 3.8) is 0 Å². The number of hydrogen-bond donors (Lipinski definition) is 1. The number of ether oxygens (including phenoxy) is 1. The van der Waals surface area contributed by atoms with E-state index in [1.54, 1.807) is 11.4 Å². The van der Waals surface area contributed by atoms with Gasteiger partial charge in [-0.05, 0) is 40.6 Å². The van der Waals surface area contributed by atoms with Gasteiger partial charge in [0.15, 0.2) is 9.84 Å². The fourth-order valence-corrected chi connectivity index (χ4v) is 5.81. The lowest BCUT2D eigenvalue weighted by Crippen LogP contribution is -2.28. The van der Waals surface area contributed by atoms with E-state index >= 15 is 0 Å². The lowest BCUT2D eigenvalue weighted by Gasteiger charge is -2.13. The molecule has 0 saturated carbocycles. The van der Waals surface area contributed by atoms with Crippen LogP contribution >= 0.6 is 22.9 Å². The number of fused-ring (bicyclic) bond motifs is 1. The first-order valence-corrected chi connectivity index (χ1v) is 13.1. The standard InChI is InChI=1S/C24H22ClNO4S2/c25-20-8-5-17(6-9-20)11-24-26-21(14-31-24)15-32(28,29)16-22(27)13-30-23-10-7-18-3-1-2-4-19(18)12-23/h1-10,12,14,22,27H,11,13,15-16H2. The Kier molecular flexibility index (Phi) is 7.10. The molecule has 32 heavy (non-hydrogen) atoms. The van der Waals surface area contributed by atoms with Crippen LogP contribution in [0.25, 0.3) is 10.8 Å². The molecule has 4 rings (SSSR count). The van der Waals surface area contributed by atoms with Gasteiger partial charge in [-0.25, -0.2) is 13.4 Å². The van der Waals surface area contributed by atoms with Crippen molar-refractivity contribution in [2.24, 2.45) is 0 Å². The van der Waals surface area contributed by atoms with Crippen LogP contribution in [0.15, 0.2) is 72.1 Å². The molecule has 0 fully saturated rings. The number of thiazole rings is 1. The lowest BCUT2D eigenvalue weighted by molar-refractivity contribution is 0.125. The van der Waals surface area contributed by atoms with E-state index < -0.39 is 15.9 Å². The van der Waals surface area contributed by atoms with Crippen molar-refractivity contribution in [1.82, 2.24) is 4.98 Å². The minimum absolute atomic E-state index is 0.101. The topological polar surface area (TPSA) is 76.5 Å². The number of halogens is 1. The van der Waals surface area contributed by atoms with Crippen molar-refractivity contribution >= 4 is 43.5 Å². The fourth-order valence-electron chi connectivity index (χ4n) is 3.35. The van der Waals surface area contributed by atoms with Crippen LogP contribution in [0.5, 0.6) is 5.75 Å². The van der Waals surface area contributed by atoms with Crippen molar-refractivity contribution in [1.29, 1.82) is 0 Å². The van der Waals surface area contributed by atoms with Crippen LogP contribution in [-0.4, -0.2) is 37.0 Å². The molecule has 0 bridgehead atoms. The Bertz CT molecular complexity index is 1300. The number of aliphatic hydroxyl groups is 1. The number of aromatic nitrogens is 1. The third-order valence-electron chi connectivity index (χ3n) is 4.85. The Hall–Kier alpha value is -2.45. The van der Waals surface area contributed by atoms with Crippen LogP contribution in [0, 0.1) is 0 Å². The van der Waals surface area contributed by atoms with Gasteiger partial charge in [-0.3, -0.25) is 0 Å². The largest absolute Gasteiger partial charge is 0.491 e. The minimum Gasteiger partial charge on any atom is -0.491 e. The predicted octanol–water partition coefficient (Wildman–Crippen LogP) is 4.90. The second kappa shape index (κ2) is 10.0. The molecule has 8 heteroatoms. The Morgan fingerprint density at radius 2 is 1.78 bits per heavy atom. The summed E-state index contributed by atoms with van der Waals surface area (Å²) in [5.41, 5.74) is 1.54. The van der Waals surface area contributed by atoms with E-state index in [0.29, 0.717) is 22.9 Å². The van der Waals surface area contributed by atoms with Gasteiger partial charge in [0.05, 0.1) is 22.2 Å². The summed E-state index contributed by atoms with van der Waals surface area (Å²) in [7, 11) is -3.54. The molecule has 0 spiro atoms. The van der Waals surface area contributed by atoms with E-state index in [-0.39, 0.29) is 18.1 Å². The van der Waals surface area contributed by atoms with Gasteiger partial charge in [-0.1, -0.05) is 54.1 Å². The van der Waals surface area contributed by atoms with E-state index in [0.717, 1.165) is 21.3 Å². The average molecular weight is 488 g/mol. The van der Waals surface area contributed by atoms with E-state index in [1.165, 1.54) is 11.3 Å². The summed E-state index contributed by atoms with van der Waals surface area (Å²) in [5.74, 6) is -0.00612. The molecule has 0 aliphatic carbocycles. The first kappa shape index (κ1) is 22.7. The van der Waals surface area contributed by atoms with E-state index in [1.807, 2.05) is 60.7 Å². The summed E-state index contributed by atoms with van der Waals surface area (Å²) in [5, 5.41) is 15.6. The molecule has 0 aliphatic rings. The second-order valence-electron chi connectivity index (χ2n) is 7.56. The predicted molar refractivity (Wildman–Crippen MR) is 129 cm³/mol. The number of nitrogens with zero attached hydrogens (tertiary/aromatic N) is 1. The summed E-state index contributed by atoms with van der Waals surface area (Å²) in [4.78, 5) is 4.44. The SMILES string of the molecule is O=S(=O)(Cc1csc(Cc2ccc(Cl)cc2)n1)CC(O)COc1ccc2ccccc2c1. The molecule has 0 amide bonds. The van der Waals surface area contributed by atoms with Crippen LogP contribution in [0.1, 0.15) is 16.3 Å². The Labute approximate surface area is 196 Å². The highest BCUT2D eigenvalue weighted by atomic mass is 35.5. The maximum atomic E-state index is 12.5. The highest BCUT2D eigenvalue weighted by Crippen LogP contribution is 2.21. The zero-order valence-corrected chi connectivity index (χ0v) is 19.5. The molecule has 3 aromatic carbocycles. The van der Waals surface area contributed by atoms with Crippen molar-refractivity contribution in [3.8, 4) is 5.75 Å². The molecule has 1 unspecified atom stereocenters. The molecular formula is C24H22ClNO4S2. The Balaban J connectivity index is 1.30. The van der Waals surface area contributed by atoms with Crippen molar-refractivity contribution in [3.05, 3.63) is 93.4 Å². The third kappa shape index (κ3) is 6.29. The number of hydrogen-bond acceptors (Lipinski definition) is 6. The molecule has 0 aliphatic heterocycles. The number of benzene rings is 3. The number of sulfone groups is 1. The third-order valence-corrected chi connectivity index (χ3v) is 7.62. The van der Waals surface area contributed by atoms with E-state index in [4.69, 9.17) is 16.3 Å². The molecular weight excluding hydrogens is 466 g/mol.